The maximum Gasteiger partial charge on any atom is 0.0872 e. The lowest BCUT2D eigenvalue weighted by atomic mass is 10.1. The van der Waals surface area contributed by atoms with Crippen LogP contribution in [0.25, 0.3) is 0 Å². The van der Waals surface area contributed by atoms with Crippen LogP contribution in [0.3, 0.4) is 0 Å². The van der Waals surface area contributed by atoms with Crippen molar-refractivity contribution in [2.75, 3.05) is 26.3 Å². The molecule has 3 nitrogen and oxygen atoms in total. The highest BCUT2D eigenvalue weighted by atomic mass is 35.5. The Morgan fingerprint density at radius 3 is 3.19 bits per heavy atom. The van der Waals surface area contributed by atoms with Gasteiger partial charge in [-0.1, -0.05) is 23.7 Å². The van der Waals surface area contributed by atoms with Gasteiger partial charge in [-0.3, -0.25) is 4.90 Å². The largest absolute Gasteiger partial charge is 0.378 e. The lowest BCUT2D eigenvalue weighted by molar-refractivity contribution is -0.00178. The first-order chi connectivity index (χ1) is 7.81. The van der Waals surface area contributed by atoms with Crippen LogP contribution in [0.15, 0.2) is 24.3 Å². The van der Waals surface area contributed by atoms with Gasteiger partial charge in [0.2, 0.25) is 0 Å². The van der Waals surface area contributed by atoms with Crippen molar-refractivity contribution in [3.05, 3.63) is 34.9 Å². The van der Waals surface area contributed by atoms with Crippen LogP contribution < -0.4 is 0 Å². The fourth-order valence-corrected chi connectivity index (χ4v) is 2.14. The zero-order valence-electron chi connectivity index (χ0n) is 8.90. The molecule has 0 saturated carbocycles. The Balaban J connectivity index is 2.20. The van der Waals surface area contributed by atoms with Gasteiger partial charge in [-0.05, 0) is 17.7 Å². The minimum Gasteiger partial charge on any atom is -0.378 e. The summed E-state index contributed by atoms with van der Waals surface area (Å²) in [4.78, 5) is 2.12. The summed E-state index contributed by atoms with van der Waals surface area (Å²) in [5.74, 6) is 0. The standard InChI is InChI=1S/C12H13ClN2O/c13-11-3-1-2-10(8-11)12-9-16-7-6-15(12)5-4-14/h1-3,8,12H,5-7,9H2. The van der Waals surface area contributed by atoms with Crippen molar-refractivity contribution in [3.63, 3.8) is 0 Å². The molecule has 2 rings (SSSR count). The molecule has 1 fully saturated rings. The molecule has 1 atom stereocenters. The molecule has 0 aromatic heterocycles. The third-order valence-electron chi connectivity index (χ3n) is 2.75. The SMILES string of the molecule is N#CCN1CCOCC1c1cccc(Cl)c1. The van der Waals surface area contributed by atoms with Crippen molar-refractivity contribution in [1.29, 1.82) is 5.26 Å². The van der Waals surface area contributed by atoms with E-state index in [1.165, 1.54) is 0 Å². The average Bonchev–Trinajstić information content (AvgIpc) is 2.30. The van der Waals surface area contributed by atoms with Crippen molar-refractivity contribution in [3.8, 4) is 6.07 Å². The van der Waals surface area contributed by atoms with Gasteiger partial charge in [0.25, 0.3) is 0 Å². The fourth-order valence-electron chi connectivity index (χ4n) is 1.94. The normalized spacial score (nSPS) is 21.6. The molecular formula is C12H13ClN2O. The van der Waals surface area contributed by atoms with Gasteiger partial charge in [0.15, 0.2) is 0 Å². The Morgan fingerprint density at radius 1 is 1.56 bits per heavy atom. The van der Waals surface area contributed by atoms with E-state index in [0.717, 1.165) is 17.1 Å². The van der Waals surface area contributed by atoms with Crippen LogP contribution in [-0.2, 0) is 4.74 Å². The van der Waals surface area contributed by atoms with Crippen LogP contribution in [0.5, 0.6) is 0 Å². The summed E-state index contributed by atoms with van der Waals surface area (Å²) in [5.41, 5.74) is 1.11. The van der Waals surface area contributed by atoms with Crippen LogP contribution in [0.1, 0.15) is 11.6 Å². The Kier molecular flexibility index (Phi) is 3.79. The average molecular weight is 237 g/mol. The van der Waals surface area contributed by atoms with E-state index in [-0.39, 0.29) is 6.04 Å². The topological polar surface area (TPSA) is 36.3 Å². The Morgan fingerprint density at radius 2 is 2.44 bits per heavy atom. The Labute approximate surface area is 100 Å². The Hall–Kier alpha value is -1.08. The fraction of sp³-hybridized carbons (Fsp3) is 0.417. The van der Waals surface area contributed by atoms with Crippen LogP contribution in [-0.4, -0.2) is 31.2 Å². The first kappa shape index (κ1) is 11.4. The van der Waals surface area contributed by atoms with Gasteiger partial charge >= 0.3 is 0 Å². The van der Waals surface area contributed by atoms with Gasteiger partial charge in [-0.2, -0.15) is 5.26 Å². The number of nitrogens with zero attached hydrogens (tertiary/aromatic N) is 2. The number of benzene rings is 1. The molecule has 1 aromatic carbocycles. The van der Waals surface area contributed by atoms with Gasteiger partial charge in [0, 0.05) is 11.6 Å². The lowest BCUT2D eigenvalue weighted by Crippen LogP contribution is -2.39. The van der Waals surface area contributed by atoms with Crippen LogP contribution in [0.2, 0.25) is 5.02 Å². The summed E-state index contributed by atoms with van der Waals surface area (Å²) in [7, 11) is 0. The molecule has 84 valence electrons. The predicted octanol–water partition coefficient (Wildman–Crippen LogP) is 2.24. The van der Waals surface area contributed by atoms with Gasteiger partial charge in [-0.15, -0.1) is 0 Å². The molecule has 0 amide bonds. The molecule has 1 saturated heterocycles. The lowest BCUT2D eigenvalue weighted by Gasteiger charge is -2.34. The summed E-state index contributed by atoms with van der Waals surface area (Å²) in [6, 6.07) is 10.1. The second-order valence-corrected chi connectivity index (χ2v) is 4.21. The molecule has 0 radical (unpaired) electrons. The van der Waals surface area contributed by atoms with Crippen LogP contribution in [0, 0.1) is 11.3 Å². The number of halogens is 1. The molecule has 1 unspecified atom stereocenters. The molecule has 1 heterocycles. The van der Waals surface area contributed by atoms with E-state index in [1.807, 2.05) is 24.3 Å². The van der Waals surface area contributed by atoms with E-state index in [9.17, 15) is 0 Å². The monoisotopic (exact) mass is 236 g/mol. The first-order valence-corrected chi connectivity index (χ1v) is 5.63. The quantitative estimate of drug-likeness (QED) is 0.739. The van der Waals surface area contributed by atoms with E-state index in [0.29, 0.717) is 19.8 Å². The summed E-state index contributed by atoms with van der Waals surface area (Å²) in [6.07, 6.45) is 0. The van der Waals surface area contributed by atoms with Crippen LogP contribution >= 0.6 is 11.6 Å². The highest BCUT2D eigenvalue weighted by molar-refractivity contribution is 6.30. The van der Waals surface area contributed by atoms with Crippen molar-refractivity contribution >= 4 is 11.6 Å². The maximum atomic E-state index is 8.78. The summed E-state index contributed by atoms with van der Waals surface area (Å²) >= 11 is 5.96. The highest BCUT2D eigenvalue weighted by Crippen LogP contribution is 2.25. The van der Waals surface area contributed by atoms with E-state index in [2.05, 4.69) is 11.0 Å². The summed E-state index contributed by atoms with van der Waals surface area (Å²) in [5, 5.41) is 9.50. The van der Waals surface area contributed by atoms with Gasteiger partial charge in [-0.25, -0.2) is 0 Å². The minimum atomic E-state index is 0.145. The molecule has 0 bridgehead atoms. The van der Waals surface area contributed by atoms with E-state index in [1.54, 1.807) is 0 Å². The minimum absolute atomic E-state index is 0.145. The van der Waals surface area contributed by atoms with Crippen LogP contribution in [0.4, 0.5) is 0 Å². The number of hydrogen-bond donors (Lipinski definition) is 0. The molecule has 1 aliphatic rings. The second kappa shape index (κ2) is 5.31. The highest BCUT2D eigenvalue weighted by Gasteiger charge is 2.24. The molecular weight excluding hydrogens is 224 g/mol. The van der Waals surface area contributed by atoms with Crippen molar-refractivity contribution in [2.24, 2.45) is 0 Å². The van der Waals surface area contributed by atoms with E-state index in [4.69, 9.17) is 21.6 Å². The number of rotatable bonds is 2. The number of hydrogen-bond acceptors (Lipinski definition) is 3. The van der Waals surface area contributed by atoms with Crippen molar-refractivity contribution in [2.45, 2.75) is 6.04 Å². The number of morpholine rings is 1. The zero-order valence-corrected chi connectivity index (χ0v) is 9.65. The molecule has 1 aliphatic heterocycles. The smallest absolute Gasteiger partial charge is 0.0872 e. The summed E-state index contributed by atoms with van der Waals surface area (Å²) < 4.78 is 5.46. The molecule has 16 heavy (non-hydrogen) atoms. The van der Waals surface area contributed by atoms with Gasteiger partial charge in [0.05, 0.1) is 31.9 Å². The maximum absolute atomic E-state index is 8.78. The summed E-state index contributed by atoms with van der Waals surface area (Å²) in [6.45, 7) is 2.55. The molecule has 1 aromatic rings. The van der Waals surface area contributed by atoms with Gasteiger partial charge in [0.1, 0.15) is 0 Å². The van der Waals surface area contributed by atoms with E-state index < -0.39 is 0 Å². The number of nitriles is 1. The molecule has 0 N–H and O–H groups in total. The molecule has 0 spiro atoms. The third-order valence-corrected chi connectivity index (χ3v) is 2.98. The van der Waals surface area contributed by atoms with Crippen molar-refractivity contribution < 1.29 is 4.74 Å². The molecule has 0 aliphatic carbocycles. The zero-order chi connectivity index (χ0) is 11.4. The molecule has 4 heteroatoms. The first-order valence-electron chi connectivity index (χ1n) is 5.25. The van der Waals surface area contributed by atoms with Gasteiger partial charge < -0.3 is 4.74 Å². The van der Waals surface area contributed by atoms with Crippen molar-refractivity contribution in [1.82, 2.24) is 4.90 Å². The third kappa shape index (κ3) is 2.53. The van der Waals surface area contributed by atoms with E-state index >= 15 is 0 Å². The Bertz CT molecular complexity index is 402. The predicted molar refractivity (Wildman–Crippen MR) is 62.2 cm³/mol. The number of ether oxygens (including phenoxy) is 1. The second-order valence-electron chi connectivity index (χ2n) is 3.77.